The molecular formula is C21H25BrN2O4. The lowest BCUT2D eigenvalue weighted by Gasteiger charge is -2.34. The van der Waals surface area contributed by atoms with Crippen molar-refractivity contribution in [3.05, 3.63) is 58.1 Å². The smallest absolute Gasteiger partial charge is 0.318 e. The maximum Gasteiger partial charge on any atom is 0.318 e. The molecule has 3 rings (SSSR count). The van der Waals surface area contributed by atoms with Gasteiger partial charge in [-0.15, -0.1) is 0 Å². The fraction of sp³-hybridized carbons (Fsp3) is 0.381. The van der Waals surface area contributed by atoms with E-state index in [1.165, 1.54) is 0 Å². The van der Waals surface area contributed by atoms with Crippen LogP contribution in [-0.2, 0) is 4.74 Å². The van der Waals surface area contributed by atoms with Crippen LogP contribution in [0.4, 0.5) is 4.79 Å². The molecule has 2 unspecified atom stereocenters. The van der Waals surface area contributed by atoms with Gasteiger partial charge in [0.2, 0.25) is 0 Å². The number of amides is 2. The highest BCUT2D eigenvalue weighted by Crippen LogP contribution is 2.30. The van der Waals surface area contributed by atoms with Gasteiger partial charge in [-0.3, -0.25) is 0 Å². The summed E-state index contributed by atoms with van der Waals surface area (Å²) in [5, 5.41) is 3.06. The molecule has 1 heterocycles. The minimum absolute atomic E-state index is 0.124. The van der Waals surface area contributed by atoms with Crippen molar-refractivity contribution in [3.8, 4) is 11.5 Å². The van der Waals surface area contributed by atoms with E-state index in [9.17, 15) is 4.79 Å². The summed E-state index contributed by atoms with van der Waals surface area (Å²) in [5.41, 5.74) is 1.92. The number of ether oxygens (including phenoxy) is 3. The molecule has 1 aliphatic rings. The van der Waals surface area contributed by atoms with E-state index in [4.69, 9.17) is 14.2 Å². The van der Waals surface area contributed by atoms with Crippen molar-refractivity contribution in [2.75, 3.05) is 33.9 Å². The van der Waals surface area contributed by atoms with Gasteiger partial charge in [0, 0.05) is 16.6 Å². The van der Waals surface area contributed by atoms with Gasteiger partial charge in [0.15, 0.2) is 0 Å². The van der Waals surface area contributed by atoms with Gasteiger partial charge < -0.3 is 24.4 Å². The largest absolute Gasteiger partial charge is 0.497 e. The number of hydrogen-bond acceptors (Lipinski definition) is 4. The molecule has 2 aromatic carbocycles. The van der Waals surface area contributed by atoms with Gasteiger partial charge in [0.05, 0.1) is 33.4 Å². The zero-order chi connectivity index (χ0) is 20.1. The maximum atomic E-state index is 12.9. The number of carbonyl (C=O) groups excluding carboxylic acids is 1. The minimum Gasteiger partial charge on any atom is -0.497 e. The van der Waals surface area contributed by atoms with Gasteiger partial charge in [-0.05, 0) is 42.8 Å². The number of nitrogens with one attached hydrogen (secondary N) is 1. The molecule has 1 fully saturated rings. The van der Waals surface area contributed by atoms with Crippen LogP contribution in [-0.4, -0.2) is 44.8 Å². The van der Waals surface area contributed by atoms with Crippen LogP contribution in [0.25, 0.3) is 0 Å². The van der Waals surface area contributed by atoms with Gasteiger partial charge >= 0.3 is 6.03 Å². The molecule has 2 aromatic rings. The van der Waals surface area contributed by atoms with Crippen molar-refractivity contribution in [3.63, 3.8) is 0 Å². The number of methoxy groups -OCH3 is 2. The minimum atomic E-state index is -0.232. The van der Waals surface area contributed by atoms with Crippen LogP contribution in [0.15, 0.2) is 46.9 Å². The third kappa shape index (κ3) is 4.77. The molecule has 7 heteroatoms. The molecule has 0 spiro atoms. The normalized spacial score (nSPS) is 17.7. The topological polar surface area (TPSA) is 60.0 Å². The average molecular weight is 449 g/mol. The molecule has 0 saturated carbocycles. The summed E-state index contributed by atoms with van der Waals surface area (Å²) >= 11 is 3.49. The molecule has 6 nitrogen and oxygen atoms in total. The molecule has 0 radical (unpaired) electrons. The summed E-state index contributed by atoms with van der Waals surface area (Å²) in [5.74, 6) is 1.43. The Morgan fingerprint density at radius 2 is 2.07 bits per heavy atom. The van der Waals surface area contributed by atoms with Crippen molar-refractivity contribution in [2.24, 2.45) is 0 Å². The Morgan fingerprint density at radius 1 is 1.25 bits per heavy atom. The first kappa shape index (κ1) is 20.5. The van der Waals surface area contributed by atoms with Gasteiger partial charge in [-0.1, -0.05) is 28.1 Å². The summed E-state index contributed by atoms with van der Waals surface area (Å²) in [4.78, 5) is 14.6. The SMILES string of the molecule is COc1ccc(OC)c(C(C)NC(=O)N2CCOC(c3cccc(Br)c3)C2)c1. The quantitative estimate of drug-likeness (QED) is 0.739. The lowest BCUT2D eigenvalue weighted by atomic mass is 10.1. The summed E-state index contributed by atoms with van der Waals surface area (Å²) in [6.45, 7) is 3.49. The van der Waals surface area contributed by atoms with Crippen molar-refractivity contribution < 1.29 is 19.0 Å². The van der Waals surface area contributed by atoms with Crippen LogP contribution < -0.4 is 14.8 Å². The molecule has 0 bridgehead atoms. The summed E-state index contributed by atoms with van der Waals surface area (Å²) in [6, 6.07) is 13.2. The molecule has 1 saturated heterocycles. The number of hydrogen-bond donors (Lipinski definition) is 1. The monoisotopic (exact) mass is 448 g/mol. The highest BCUT2D eigenvalue weighted by molar-refractivity contribution is 9.10. The average Bonchev–Trinajstić information content (AvgIpc) is 2.73. The molecule has 28 heavy (non-hydrogen) atoms. The molecule has 2 atom stereocenters. The van der Waals surface area contributed by atoms with Crippen molar-refractivity contribution >= 4 is 22.0 Å². The summed E-state index contributed by atoms with van der Waals surface area (Å²) in [6.07, 6.45) is -0.140. The lowest BCUT2D eigenvalue weighted by Crippen LogP contribution is -2.47. The zero-order valence-corrected chi connectivity index (χ0v) is 17.9. The van der Waals surface area contributed by atoms with E-state index in [0.717, 1.165) is 21.3 Å². The van der Waals surface area contributed by atoms with Crippen LogP contribution in [0, 0.1) is 0 Å². The standard InChI is InChI=1S/C21H25BrN2O4/c1-14(18-12-17(26-2)7-8-19(18)27-3)23-21(25)24-9-10-28-20(13-24)15-5-4-6-16(22)11-15/h4-8,11-12,14,20H,9-10,13H2,1-3H3,(H,23,25). The zero-order valence-electron chi connectivity index (χ0n) is 16.3. The van der Waals surface area contributed by atoms with E-state index >= 15 is 0 Å². The lowest BCUT2D eigenvalue weighted by molar-refractivity contribution is -0.0157. The first-order valence-electron chi connectivity index (χ1n) is 9.16. The summed E-state index contributed by atoms with van der Waals surface area (Å²) < 4.78 is 17.6. The molecule has 2 amide bonds. The predicted molar refractivity (Wildman–Crippen MR) is 111 cm³/mol. The van der Waals surface area contributed by atoms with E-state index in [1.807, 2.05) is 49.4 Å². The Balaban J connectivity index is 1.68. The predicted octanol–water partition coefficient (Wildman–Crippen LogP) is 4.31. The number of halogens is 1. The number of benzene rings is 2. The van der Waals surface area contributed by atoms with Crippen molar-refractivity contribution in [2.45, 2.75) is 19.1 Å². The highest BCUT2D eigenvalue weighted by Gasteiger charge is 2.27. The highest BCUT2D eigenvalue weighted by atomic mass is 79.9. The number of rotatable bonds is 5. The Morgan fingerprint density at radius 3 is 2.79 bits per heavy atom. The van der Waals surface area contributed by atoms with Crippen LogP contribution in [0.2, 0.25) is 0 Å². The first-order valence-corrected chi connectivity index (χ1v) is 9.95. The van der Waals surface area contributed by atoms with Gasteiger partial charge in [-0.2, -0.15) is 0 Å². The van der Waals surface area contributed by atoms with Crippen LogP contribution in [0.5, 0.6) is 11.5 Å². The number of nitrogens with zero attached hydrogens (tertiary/aromatic N) is 1. The van der Waals surface area contributed by atoms with E-state index in [1.54, 1.807) is 19.1 Å². The van der Waals surface area contributed by atoms with Gasteiger partial charge in [-0.25, -0.2) is 4.79 Å². The van der Waals surface area contributed by atoms with Gasteiger partial charge in [0.1, 0.15) is 17.6 Å². The van der Waals surface area contributed by atoms with E-state index < -0.39 is 0 Å². The second kappa shape index (κ2) is 9.30. The van der Waals surface area contributed by atoms with Gasteiger partial charge in [0.25, 0.3) is 0 Å². The van der Waals surface area contributed by atoms with Crippen LogP contribution in [0.1, 0.15) is 30.2 Å². The van der Waals surface area contributed by atoms with Crippen LogP contribution in [0.3, 0.4) is 0 Å². The molecule has 0 aromatic heterocycles. The second-order valence-corrected chi connectivity index (χ2v) is 7.56. The van der Waals surface area contributed by atoms with Crippen molar-refractivity contribution in [1.29, 1.82) is 0 Å². The molecule has 150 valence electrons. The Bertz CT molecular complexity index is 830. The fourth-order valence-electron chi connectivity index (χ4n) is 3.27. The molecule has 1 aliphatic heterocycles. The number of morpholine rings is 1. The second-order valence-electron chi connectivity index (χ2n) is 6.64. The maximum absolute atomic E-state index is 12.9. The van der Waals surface area contributed by atoms with E-state index in [2.05, 4.69) is 21.2 Å². The van der Waals surface area contributed by atoms with E-state index in [0.29, 0.717) is 25.4 Å². The number of carbonyl (C=O) groups is 1. The third-order valence-corrected chi connectivity index (χ3v) is 5.31. The van der Waals surface area contributed by atoms with E-state index in [-0.39, 0.29) is 18.2 Å². The summed E-state index contributed by atoms with van der Waals surface area (Å²) in [7, 11) is 3.23. The Kier molecular flexibility index (Phi) is 6.80. The Hall–Kier alpha value is -2.25. The number of urea groups is 1. The molecular weight excluding hydrogens is 424 g/mol. The Labute approximate surface area is 173 Å². The van der Waals surface area contributed by atoms with Crippen LogP contribution >= 0.6 is 15.9 Å². The fourth-order valence-corrected chi connectivity index (χ4v) is 3.69. The van der Waals surface area contributed by atoms with Crippen molar-refractivity contribution in [1.82, 2.24) is 10.2 Å². The molecule has 0 aliphatic carbocycles. The first-order chi connectivity index (χ1) is 13.5. The molecule has 1 N–H and O–H groups in total. The third-order valence-electron chi connectivity index (χ3n) is 4.82.